The van der Waals surface area contributed by atoms with Crippen molar-refractivity contribution in [3.8, 4) is 0 Å². The highest BCUT2D eigenvalue weighted by molar-refractivity contribution is 6.10. The van der Waals surface area contributed by atoms with Gasteiger partial charge in [0, 0.05) is 24.4 Å². The maximum absolute atomic E-state index is 13.8. The van der Waals surface area contributed by atoms with Gasteiger partial charge in [-0.15, -0.1) is 0 Å². The Morgan fingerprint density at radius 3 is 2.51 bits per heavy atom. The van der Waals surface area contributed by atoms with E-state index in [9.17, 15) is 27.2 Å². The zero-order valence-electron chi connectivity index (χ0n) is 20.6. The number of nitrogens with one attached hydrogen (secondary N) is 1. The highest BCUT2D eigenvalue weighted by Crippen LogP contribution is 2.35. The molecule has 0 unspecified atom stereocenters. The number of anilines is 2. The van der Waals surface area contributed by atoms with Crippen molar-refractivity contribution in [1.82, 2.24) is 10.3 Å². The molecule has 0 radical (unpaired) electrons. The quantitative estimate of drug-likeness (QED) is 0.165. The monoisotopic (exact) mass is 528 g/mol. The van der Waals surface area contributed by atoms with E-state index in [1.165, 1.54) is 19.9 Å². The SMILES string of the molecule is C=N/C(=C\C(=NCCOCCNC)c1cnc(N)cc1C(F)(F)F)C(C)(C)N(O)c1ccc(F)c(F)c1. The first-order valence-electron chi connectivity index (χ1n) is 11.1. The average Bonchev–Trinajstić information content (AvgIpc) is 2.83. The Morgan fingerprint density at radius 2 is 1.92 bits per heavy atom. The summed E-state index contributed by atoms with van der Waals surface area (Å²) in [6.45, 7) is 7.43. The Labute approximate surface area is 211 Å². The van der Waals surface area contributed by atoms with Crippen LogP contribution in [-0.2, 0) is 10.9 Å². The van der Waals surface area contributed by atoms with E-state index in [1.54, 1.807) is 7.05 Å². The number of pyridine rings is 1. The number of aliphatic imine (C=N–C) groups is 2. The largest absolute Gasteiger partial charge is 0.417 e. The summed E-state index contributed by atoms with van der Waals surface area (Å²) < 4.78 is 74.1. The van der Waals surface area contributed by atoms with Crippen LogP contribution < -0.4 is 16.1 Å². The Balaban J connectivity index is 2.57. The molecule has 0 atom stereocenters. The number of nitrogens with zero attached hydrogens (tertiary/aromatic N) is 4. The summed E-state index contributed by atoms with van der Waals surface area (Å²) in [7, 11) is 1.74. The molecule has 1 heterocycles. The number of hydrogen-bond donors (Lipinski definition) is 3. The van der Waals surface area contributed by atoms with Gasteiger partial charge in [-0.3, -0.25) is 15.2 Å². The van der Waals surface area contributed by atoms with E-state index < -0.39 is 28.9 Å². The summed E-state index contributed by atoms with van der Waals surface area (Å²) in [5.41, 5.74) is 2.24. The summed E-state index contributed by atoms with van der Waals surface area (Å²) in [5.74, 6) is -2.65. The number of benzene rings is 1. The molecule has 2 aromatic rings. The minimum Gasteiger partial charge on any atom is -0.384 e. The predicted octanol–water partition coefficient (Wildman–Crippen LogP) is 4.24. The van der Waals surface area contributed by atoms with Crippen molar-refractivity contribution in [3.05, 3.63) is 65.0 Å². The van der Waals surface area contributed by atoms with E-state index >= 15 is 0 Å². The number of rotatable bonds is 12. The van der Waals surface area contributed by atoms with Crippen molar-refractivity contribution in [1.29, 1.82) is 0 Å². The average molecular weight is 529 g/mol. The lowest BCUT2D eigenvalue weighted by atomic mass is 9.95. The number of allylic oxidation sites excluding steroid dienone is 1. The zero-order valence-corrected chi connectivity index (χ0v) is 20.6. The molecule has 0 fully saturated rings. The van der Waals surface area contributed by atoms with E-state index in [0.717, 1.165) is 24.4 Å². The van der Waals surface area contributed by atoms with Crippen LogP contribution in [0.15, 0.2) is 52.2 Å². The molecule has 0 aliphatic rings. The van der Waals surface area contributed by atoms with E-state index in [0.29, 0.717) is 24.3 Å². The fourth-order valence-corrected chi connectivity index (χ4v) is 3.22. The molecule has 4 N–H and O–H groups in total. The molecule has 0 saturated heterocycles. The van der Waals surface area contributed by atoms with Crippen LogP contribution in [0.5, 0.6) is 0 Å². The van der Waals surface area contributed by atoms with Gasteiger partial charge in [0.05, 0.1) is 42.4 Å². The number of aromatic nitrogens is 1. The second-order valence-corrected chi connectivity index (χ2v) is 8.29. The number of nitrogen functional groups attached to an aromatic ring is 1. The van der Waals surface area contributed by atoms with Gasteiger partial charge in [0.1, 0.15) is 11.4 Å². The number of likely N-dealkylation sites (N-methyl/N-ethyl adjacent to an activating group) is 1. The van der Waals surface area contributed by atoms with Crippen molar-refractivity contribution in [2.24, 2.45) is 9.98 Å². The maximum atomic E-state index is 13.8. The molecular formula is C24H29F5N6O2. The Hall–Kier alpha value is -3.42. The molecule has 0 aliphatic carbocycles. The van der Waals surface area contributed by atoms with Gasteiger partial charge >= 0.3 is 6.18 Å². The third kappa shape index (κ3) is 7.78. The fourth-order valence-electron chi connectivity index (χ4n) is 3.22. The molecule has 8 nitrogen and oxygen atoms in total. The first-order chi connectivity index (χ1) is 17.3. The summed E-state index contributed by atoms with van der Waals surface area (Å²) in [6.07, 6.45) is -2.64. The van der Waals surface area contributed by atoms with Gasteiger partial charge in [0.15, 0.2) is 11.6 Å². The van der Waals surface area contributed by atoms with Gasteiger partial charge in [-0.2, -0.15) is 13.2 Å². The first-order valence-corrected chi connectivity index (χ1v) is 11.1. The van der Waals surface area contributed by atoms with Gasteiger partial charge in [0.2, 0.25) is 0 Å². The molecule has 202 valence electrons. The number of hydroxylamine groups is 1. The number of ether oxygens (including phenoxy) is 1. The standard InChI is InChI=1S/C24H29F5N6O2/c1-23(2,35(36)15-5-6-18(25)19(26)11-15)21(32-4)13-20(33-8-10-37-9-7-31-3)16-14-34-22(30)12-17(16)24(27,28)29/h5-6,11-14,31,36H,4,7-10H2,1-3H3,(H2,30,34)/b21-13-,33-20?. The van der Waals surface area contributed by atoms with E-state index in [1.807, 2.05) is 0 Å². The Morgan fingerprint density at radius 1 is 1.22 bits per heavy atom. The summed E-state index contributed by atoms with van der Waals surface area (Å²) in [5, 5.41) is 14.3. The second kappa shape index (κ2) is 12.7. The van der Waals surface area contributed by atoms with Crippen LogP contribution in [0, 0.1) is 11.6 Å². The highest BCUT2D eigenvalue weighted by Gasteiger charge is 2.36. The Kier molecular flexibility index (Phi) is 10.2. The van der Waals surface area contributed by atoms with Crippen molar-refractivity contribution >= 4 is 23.9 Å². The van der Waals surface area contributed by atoms with Gasteiger partial charge in [0.25, 0.3) is 0 Å². The topological polar surface area (TPSA) is 108 Å². The third-order valence-electron chi connectivity index (χ3n) is 5.27. The number of hydrogen-bond acceptors (Lipinski definition) is 8. The molecule has 0 spiro atoms. The van der Waals surface area contributed by atoms with Gasteiger partial charge < -0.3 is 15.8 Å². The molecule has 0 saturated carbocycles. The number of alkyl halides is 3. The van der Waals surface area contributed by atoms with E-state index in [4.69, 9.17) is 10.5 Å². The molecule has 37 heavy (non-hydrogen) atoms. The van der Waals surface area contributed by atoms with Crippen LogP contribution in [0.1, 0.15) is 25.0 Å². The number of nitrogens with two attached hydrogens (primary N) is 1. The highest BCUT2D eigenvalue weighted by atomic mass is 19.4. The summed E-state index contributed by atoms with van der Waals surface area (Å²) in [4.78, 5) is 11.9. The van der Waals surface area contributed by atoms with Crippen LogP contribution in [0.4, 0.5) is 33.5 Å². The van der Waals surface area contributed by atoms with E-state index in [2.05, 4.69) is 27.0 Å². The second-order valence-electron chi connectivity index (χ2n) is 8.29. The van der Waals surface area contributed by atoms with Crippen LogP contribution >= 0.6 is 0 Å². The Bertz CT molecular complexity index is 1150. The van der Waals surface area contributed by atoms with Crippen LogP contribution in [0.25, 0.3) is 0 Å². The van der Waals surface area contributed by atoms with Crippen LogP contribution in [0.3, 0.4) is 0 Å². The van der Waals surface area contributed by atoms with E-state index in [-0.39, 0.29) is 41.6 Å². The van der Waals surface area contributed by atoms with Crippen molar-refractivity contribution in [3.63, 3.8) is 0 Å². The van der Waals surface area contributed by atoms with Crippen molar-refractivity contribution < 1.29 is 31.9 Å². The number of halogens is 5. The van der Waals surface area contributed by atoms with Gasteiger partial charge in [-0.05, 0) is 51.9 Å². The lowest BCUT2D eigenvalue weighted by Crippen LogP contribution is -2.43. The fraction of sp³-hybridized carbons (Fsp3) is 0.375. The lowest BCUT2D eigenvalue weighted by molar-refractivity contribution is -0.137. The molecule has 0 bridgehead atoms. The molecule has 1 aromatic carbocycles. The first kappa shape index (κ1) is 29.8. The summed E-state index contributed by atoms with van der Waals surface area (Å²) in [6, 6.07) is 3.41. The molecule has 0 aliphatic heterocycles. The van der Waals surface area contributed by atoms with Gasteiger partial charge in [-0.1, -0.05) is 0 Å². The van der Waals surface area contributed by atoms with Crippen molar-refractivity contribution in [2.45, 2.75) is 25.6 Å². The molecular weight excluding hydrogens is 499 g/mol. The molecule has 13 heteroatoms. The van der Waals surface area contributed by atoms with Gasteiger partial charge in [-0.25, -0.2) is 18.8 Å². The molecule has 1 aromatic heterocycles. The van der Waals surface area contributed by atoms with Crippen LogP contribution in [0.2, 0.25) is 0 Å². The molecule has 0 amide bonds. The molecule has 2 rings (SSSR count). The lowest BCUT2D eigenvalue weighted by Gasteiger charge is -2.35. The smallest absolute Gasteiger partial charge is 0.384 e. The normalized spacial score (nSPS) is 13.1. The summed E-state index contributed by atoms with van der Waals surface area (Å²) >= 11 is 0. The third-order valence-corrected chi connectivity index (χ3v) is 5.27. The predicted molar refractivity (Wildman–Crippen MR) is 132 cm³/mol. The minimum absolute atomic E-state index is 0.00587. The maximum Gasteiger partial charge on any atom is 0.417 e. The zero-order chi connectivity index (χ0) is 27.8. The van der Waals surface area contributed by atoms with Crippen LogP contribution in [-0.4, -0.2) is 61.5 Å². The van der Waals surface area contributed by atoms with Crippen molar-refractivity contribution in [2.75, 3.05) is 44.1 Å². The minimum atomic E-state index is -4.78.